The van der Waals surface area contributed by atoms with Crippen molar-refractivity contribution in [3.8, 4) is 16.5 Å². The lowest BCUT2D eigenvalue weighted by Gasteiger charge is -2.38. The highest BCUT2D eigenvalue weighted by Gasteiger charge is 2.43. The molecule has 3 heterocycles. The molecule has 3 aromatic rings. The molecule has 0 aliphatic carbocycles. The van der Waals surface area contributed by atoms with Crippen molar-refractivity contribution < 1.29 is 38.3 Å². The molecule has 0 radical (unpaired) electrons. The first-order valence-corrected chi connectivity index (χ1v) is 16.1. The van der Waals surface area contributed by atoms with Gasteiger partial charge in [0.05, 0.1) is 13.2 Å². The molecule has 43 heavy (non-hydrogen) atoms. The number of thiophene rings is 1. The first-order valence-electron chi connectivity index (χ1n) is 13.8. The second kappa shape index (κ2) is 13.8. The van der Waals surface area contributed by atoms with Crippen LogP contribution in [-0.2, 0) is 19.5 Å². The van der Waals surface area contributed by atoms with Crippen molar-refractivity contribution in [3.05, 3.63) is 58.3 Å². The number of anilines is 1. The molecule has 2 unspecified atom stereocenters. The maximum Gasteiger partial charge on any atom is 0.250 e. The molecule has 14 heteroatoms. The van der Waals surface area contributed by atoms with Gasteiger partial charge in [0.2, 0.25) is 0 Å². The van der Waals surface area contributed by atoms with E-state index in [0.717, 1.165) is 66.3 Å². The van der Waals surface area contributed by atoms with Gasteiger partial charge in [-0.15, -0.1) is 11.3 Å². The van der Waals surface area contributed by atoms with Crippen molar-refractivity contribution >= 4 is 43.9 Å². The van der Waals surface area contributed by atoms with Crippen molar-refractivity contribution in [1.29, 1.82) is 5.26 Å². The lowest BCUT2D eigenvalue weighted by Crippen LogP contribution is -2.59. The molecule has 0 amide bonds. The predicted octanol–water partition coefficient (Wildman–Crippen LogP) is 0.896. The van der Waals surface area contributed by atoms with E-state index in [0.29, 0.717) is 4.88 Å². The van der Waals surface area contributed by atoms with Crippen LogP contribution in [0.4, 0.5) is 5.69 Å². The van der Waals surface area contributed by atoms with Crippen LogP contribution in [0.2, 0.25) is 0 Å². The molecule has 2 aliphatic heterocycles. The van der Waals surface area contributed by atoms with E-state index in [4.69, 9.17) is 9.47 Å². The molecule has 2 aromatic carbocycles. The number of nitriles is 1. The molecule has 1 aromatic heterocycles. The number of ether oxygens (including phenoxy) is 2. The SMILES string of the molecule is N#C/C(=C\c1ccc(-c2ccc3cc(NCCN4CCOCC4)ccc3c2)s1)S(=O)(=O)NCC1OC(O)[C@H](O)[C@@H](O)[C@@H]1O. The first kappa shape index (κ1) is 31.5. The summed E-state index contributed by atoms with van der Waals surface area (Å²) in [7, 11) is -4.32. The van der Waals surface area contributed by atoms with Crippen LogP contribution >= 0.6 is 11.3 Å². The molecule has 12 nitrogen and oxygen atoms in total. The monoisotopic (exact) mass is 630 g/mol. The van der Waals surface area contributed by atoms with Crippen LogP contribution < -0.4 is 10.0 Å². The number of allylic oxidation sites excluding steroid dienone is 1. The molecule has 2 aliphatic rings. The third kappa shape index (κ3) is 7.59. The number of benzene rings is 2. The van der Waals surface area contributed by atoms with E-state index in [-0.39, 0.29) is 0 Å². The Labute approximate surface area is 253 Å². The van der Waals surface area contributed by atoms with E-state index in [1.807, 2.05) is 24.3 Å². The summed E-state index contributed by atoms with van der Waals surface area (Å²) in [6, 6.07) is 17.6. The zero-order valence-corrected chi connectivity index (χ0v) is 24.8. The topological polar surface area (TPSA) is 185 Å². The van der Waals surface area contributed by atoms with Crippen LogP contribution in [0.15, 0.2) is 53.4 Å². The summed E-state index contributed by atoms with van der Waals surface area (Å²) in [5, 5.41) is 54.3. The van der Waals surface area contributed by atoms with E-state index >= 15 is 0 Å². The number of aliphatic hydroxyl groups is 4. The Morgan fingerprint density at radius 2 is 1.77 bits per heavy atom. The number of morpholine rings is 1. The van der Waals surface area contributed by atoms with Crippen molar-refractivity contribution in [2.24, 2.45) is 0 Å². The zero-order valence-electron chi connectivity index (χ0n) is 23.2. The Morgan fingerprint density at radius 3 is 2.53 bits per heavy atom. The van der Waals surface area contributed by atoms with E-state index in [1.54, 1.807) is 12.1 Å². The van der Waals surface area contributed by atoms with Gasteiger partial charge >= 0.3 is 0 Å². The van der Waals surface area contributed by atoms with Gasteiger partial charge in [-0.3, -0.25) is 4.90 Å². The second-order valence-corrected chi connectivity index (χ2v) is 13.2. The van der Waals surface area contributed by atoms with Crippen LogP contribution in [0.1, 0.15) is 4.88 Å². The molecule has 2 saturated heterocycles. The summed E-state index contributed by atoms with van der Waals surface area (Å²) in [5.74, 6) is 0. The number of nitrogens with zero attached hydrogens (tertiary/aromatic N) is 2. The van der Waals surface area contributed by atoms with Crippen LogP contribution in [-0.4, -0.2) is 110 Å². The Kier molecular flexibility index (Phi) is 10.1. The average Bonchev–Trinajstić information content (AvgIpc) is 3.49. The maximum absolute atomic E-state index is 12.8. The highest BCUT2D eigenvalue weighted by atomic mass is 32.2. The van der Waals surface area contributed by atoms with Gasteiger partial charge in [-0.1, -0.05) is 18.2 Å². The first-order chi connectivity index (χ1) is 20.6. The van der Waals surface area contributed by atoms with Gasteiger partial charge < -0.3 is 35.2 Å². The molecular formula is C29H34N4O8S2. The van der Waals surface area contributed by atoms with Gasteiger partial charge in [0.25, 0.3) is 10.0 Å². The summed E-state index contributed by atoms with van der Waals surface area (Å²) in [6.07, 6.45) is -7.01. The number of hydrogen-bond donors (Lipinski definition) is 6. The lowest BCUT2D eigenvalue weighted by atomic mass is 9.99. The van der Waals surface area contributed by atoms with Crippen LogP contribution in [0.25, 0.3) is 27.3 Å². The third-order valence-electron chi connectivity index (χ3n) is 7.45. The van der Waals surface area contributed by atoms with Crippen LogP contribution in [0.3, 0.4) is 0 Å². The number of hydrogen-bond acceptors (Lipinski definition) is 12. The standard InChI is InChI=1S/C29H34N4O8S2/c30-16-23(43(38,39)32-17-24-26(34)27(35)28(36)29(37)41-24)15-22-5-6-25(42-22)20-2-1-19-14-21(4-3-18(19)13-20)31-7-8-33-9-11-40-12-10-33/h1-6,13-15,24,26-29,31-32,34-37H,7-12,17H2/b23-15+/t24?,26-,27+,28-,29?/m1/s1. The normalized spacial score (nSPS) is 25.5. The highest BCUT2D eigenvalue weighted by Crippen LogP contribution is 2.32. The quantitative estimate of drug-likeness (QED) is 0.175. The average molecular weight is 631 g/mol. The summed E-state index contributed by atoms with van der Waals surface area (Å²) in [4.78, 5) is 3.26. The van der Waals surface area contributed by atoms with Gasteiger partial charge in [-0.05, 0) is 52.7 Å². The molecule has 5 atom stereocenters. The number of fused-ring (bicyclic) bond motifs is 1. The Bertz CT molecular complexity index is 1600. The number of aliphatic hydroxyl groups excluding tert-OH is 4. The number of nitrogens with one attached hydrogen (secondary N) is 2. The highest BCUT2D eigenvalue weighted by molar-refractivity contribution is 7.93. The van der Waals surface area contributed by atoms with Gasteiger partial charge in [0, 0.05) is 48.2 Å². The summed E-state index contributed by atoms with van der Waals surface area (Å²) in [6.45, 7) is 4.74. The van der Waals surface area contributed by atoms with Gasteiger partial charge in [-0.25, -0.2) is 13.1 Å². The lowest BCUT2D eigenvalue weighted by molar-refractivity contribution is -0.279. The Hall–Kier alpha value is -2.94. The van der Waals surface area contributed by atoms with Crippen molar-refractivity contribution in [2.45, 2.75) is 30.7 Å². The third-order valence-corrected chi connectivity index (χ3v) is 9.86. The molecular weight excluding hydrogens is 596 g/mol. The van der Waals surface area contributed by atoms with E-state index < -0.39 is 52.2 Å². The minimum Gasteiger partial charge on any atom is -0.388 e. The molecule has 2 fully saturated rings. The van der Waals surface area contributed by atoms with Gasteiger partial charge in [-0.2, -0.15) is 5.26 Å². The van der Waals surface area contributed by atoms with Crippen LogP contribution in [0.5, 0.6) is 0 Å². The predicted molar refractivity (Wildman–Crippen MR) is 162 cm³/mol. The Balaban J connectivity index is 1.23. The molecule has 0 saturated carbocycles. The van der Waals surface area contributed by atoms with Gasteiger partial charge in [0.1, 0.15) is 30.5 Å². The maximum atomic E-state index is 12.8. The van der Waals surface area contributed by atoms with Gasteiger partial charge in [0.15, 0.2) is 11.2 Å². The largest absolute Gasteiger partial charge is 0.388 e. The molecule has 5 rings (SSSR count). The van der Waals surface area contributed by atoms with Crippen LogP contribution in [0, 0.1) is 11.3 Å². The molecule has 6 N–H and O–H groups in total. The number of sulfonamides is 1. The fourth-order valence-electron chi connectivity index (χ4n) is 4.95. The summed E-state index contributed by atoms with van der Waals surface area (Å²) in [5.41, 5.74) is 2.00. The minimum absolute atomic E-state index is 0.540. The van der Waals surface area contributed by atoms with E-state index in [1.165, 1.54) is 17.4 Å². The van der Waals surface area contributed by atoms with Crippen molar-refractivity contribution in [3.63, 3.8) is 0 Å². The van der Waals surface area contributed by atoms with E-state index in [2.05, 4.69) is 33.1 Å². The second-order valence-electron chi connectivity index (χ2n) is 10.4. The molecule has 230 valence electrons. The fourth-order valence-corrected chi connectivity index (χ4v) is 6.91. The Morgan fingerprint density at radius 1 is 1.02 bits per heavy atom. The van der Waals surface area contributed by atoms with Crippen molar-refractivity contribution in [2.75, 3.05) is 51.3 Å². The van der Waals surface area contributed by atoms with E-state index in [9.17, 15) is 34.1 Å². The zero-order chi connectivity index (χ0) is 30.6. The molecule has 0 spiro atoms. The number of rotatable bonds is 10. The smallest absolute Gasteiger partial charge is 0.250 e. The summed E-state index contributed by atoms with van der Waals surface area (Å²) < 4.78 is 38.2. The summed E-state index contributed by atoms with van der Waals surface area (Å²) >= 11 is 1.33. The fraction of sp³-hybridized carbons (Fsp3) is 0.414. The molecule has 0 bridgehead atoms. The van der Waals surface area contributed by atoms with Crippen molar-refractivity contribution in [1.82, 2.24) is 9.62 Å². The minimum atomic E-state index is -4.32.